The minimum absolute atomic E-state index is 0.103. The number of hydrogen-bond donors (Lipinski definition) is 0. The van der Waals surface area contributed by atoms with E-state index in [2.05, 4.69) is 18.7 Å². The maximum absolute atomic E-state index is 13.5. The molecule has 2 saturated heterocycles. The lowest BCUT2D eigenvalue weighted by Gasteiger charge is -2.43. The summed E-state index contributed by atoms with van der Waals surface area (Å²) in [4.78, 5) is 17.8. The maximum atomic E-state index is 13.5. The van der Waals surface area contributed by atoms with Gasteiger partial charge in [0.05, 0.1) is 5.92 Å². The smallest absolute Gasteiger partial charge is 0.328 e. The summed E-state index contributed by atoms with van der Waals surface area (Å²) in [5.41, 5.74) is 0. The van der Waals surface area contributed by atoms with E-state index in [9.17, 15) is 18.0 Å². The second kappa shape index (κ2) is 7.60. The van der Waals surface area contributed by atoms with E-state index < -0.39 is 12.2 Å². The first kappa shape index (κ1) is 19.5. The molecule has 0 aromatic rings. The highest BCUT2D eigenvalue weighted by Gasteiger charge is 2.49. The Morgan fingerprint density at radius 2 is 1.75 bits per heavy atom. The van der Waals surface area contributed by atoms with Crippen LogP contribution in [0.4, 0.5) is 13.2 Å². The van der Waals surface area contributed by atoms with Crippen LogP contribution in [0, 0.1) is 11.8 Å². The van der Waals surface area contributed by atoms with Gasteiger partial charge in [0.2, 0.25) is 5.91 Å². The quantitative estimate of drug-likeness (QED) is 0.780. The van der Waals surface area contributed by atoms with Crippen molar-refractivity contribution in [2.75, 3.05) is 39.3 Å². The minimum Gasteiger partial charge on any atom is -0.328 e. The summed E-state index contributed by atoms with van der Waals surface area (Å²) >= 11 is 0. The van der Waals surface area contributed by atoms with Crippen molar-refractivity contribution in [3.63, 3.8) is 0 Å². The van der Waals surface area contributed by atoms with Crippen LogP contribution in [0.15, 0.2) is 0 Å². The third-order valence-corrected chi connectivity index (χ3v) is 5.05. The van der Waals surface area contributed by atoms with Gasteiger partial charge in [0.1, 0.15) is 6.04 Å². The van der Waals surface area contributed by atoms with E-state index >= 15 is 0 Å². The zero-order valence-corrected chi connectivity index (χ0v) is 15.1. The predicted molar refractivity (Wildman–Crippen MR) is 87.7 cm³/mol. The van der Waals surface area contributed by atoms with Crippen LogP contribution in [-0.2, 0) is 4.79 Å². The number of alkyl halides is 3. The van der Waals surface area contributed by atoms with Crippen LogP contribution in [-0.4, -0.2) is 78.1 Å². The molecule has 2 rings (SSSR count). The van der Waals surface area contributed by atoms with Gasteiger partial charge in [0, 0.05) is 38.8 Å². The number of amides is 1. The van der Waals surface area contributed by atoms with E-state index in [1.807, 2.05) is 18.7 Å². The van der Waals surface area contributed by atoms with Gasteiger partial charge >= 0.3 is 6.18 Å². The molecule has 0 unspecified atom stereocenters. The monoisotopic (exact) mass is 349 g/mol. The average molecular weight is 349 g/mol. The minimum atomic E-state index is -4.37. The maximum Gasteiger partial charge on any atom is 0.410 e. The molecular weight excluding hydrogens is 319 g/mol. The third-order valence-electron chi connectivity index (χ3n) is 5.05. The Kier molecular flexibility index (Phi) is 6.18. The average Bonchev–Trinajstić information content (AvgIpc) is 2.95. The molecule has 140 valence electrons. The summed E-state index contributed by atoms with van der Waals surface area (Å²) in [6, 6.07) is -1.35. The van der Waals surface area contributed by atoms with Crippen LogP contribution in [0.5, 0.6) is 0 Å². The number of hydrogen-bond acceptors (Lipinski definition) is 3. The first-order valence-corrected chi connectivity index (χ1v) is 8.93. The van der Waals surface area contributed by atoms with E-state index in [0.717, 1.165) is 11.4 Å². The summed E-state index contributed by atoms with van der Waals surface area (Å²) < 4.78 is 40.6. The largest absolute Gasteiger partial charge is 0.410 e. The lowest BCUT2D eigenvalue weighted by Crippen LogP contribution is -2.62. The van der Waals surface area contributed by atoms with Gasteiger partial charge in [-0.15, -0.1) is 0 Å². The molecule has 0 radical (unpaired) electrons. The van der Waals surface area contributed by atoms with E-state index in [1.165, 1.54) is 0 Å². The van der Waals surface area contributed by atoms with Crippen molar-refractivity contribution in [1.29, 1.82) is 0 Å². The Hall–Kier alpha value is -0.820. The molecule has 1 amide bonds. The Bertz CT molecular complexity index is 439. The second-order valence-corrected chi connectivity index (χ2v) is 7.82. The van der Waals surface area contributed by atoms with Crippen molar-refractivity contribution < 1.29 is 18.0 Å². The van der Waals surface area contributed by atoms with Gasteiger partial charge in [0.15, 0.2) is 0 Å². The van der Waals surface area contributed by atoms with Gasteiger partial charge in [-0.25, -0.2) is 0 Å². The number of nitrogens with zero attached hydrogens (tertiary/aromatic N) is 3. The highest BCUT2D eigenvalue weighted by atomic mass is 19.4. The molecule has 7 heteroatoms. The van der Waals surface area contributed by atoms with Crippen LogP contribution in [0.25, 0.3) is 0 Å². The standard InChI is InChI=1S/C17H30F3N3O/c1-12(2)9-21-7-8-23(15(11-21)17(18,19)20)16(24)14-5-6-22(10-14)13(3)4/h12-15H,5-11H2,1-4H3/t14-,15-/m1/s1. The summed E-state index contributed by atoms with van der Waals surface area (Å²) in [7, 11) is 0. The lowest BCUT2D eigenvalue weighted by molar-refractivity contribution is -0.202. The van der Waals surface area contributed by atoms with Crippen molar-refractivity contribution in [3.05, 3.63) is 0 Å². The second-order valence-electron chi connectivity index (χ2n) is 7.82. The van der Waals surface area contributed by atoms with Crippen molar-refractivity contribution in [1.82, 2.24) is 14.7 Å². The molecule has 0 aromatic carbocycles. The molecule has 2 atom stereocenters. The van der Waals surface area contributed by atoms with Crippen molar-refractivity contribution in [2.45, 2.75) is 52.4 Å². The molecule has 4 nitrogen and oxygen atoms in total. The zero-order valence-electron chi connectivity index (χ0n) is 15.1. The molecular formula is C17H30F3N3O. The van der Waals surface area contributed by atoms with Crippen LogP contribution in [0.2, 0.25) is 0 Å². The molecule has 0 spiro atoms. The molecule has 0 aliphatic carbocycles. The van der Waals surface area contributed by atoms with Crippen molar-refractivity contribution in [2.24, 2.45) is 11.8 Å². The number of piperazine rings is 1. The summed E-state index contributed by atoms with van der Waals surface area (Å²) in [5, 5.41) is 0. The van der Waals surface area contributed by atoms with E-state index in [4.69, 9.17) is 0 Å². The summed E-state index contributed by atoms with van der Waals surface area (Å²) in [6.07, 6.45) is -3.71. The number of likely N-dealkylation sites (tertiary alicyclic amines) is 1. The fraction of sp³-hybridized carbons (Fsp3) is 0.941. The van der Waals surface area contributed by atoms with Gasteiger partial charge in [0.25, 0.3) is 0 Å². The predicted octanol–water partition coefficient (Wildman–Crippen LogP) is 2.45. The van der Waals surface area contributed by atoms with Crippen LogP contribution >= 0.6 is 0 Å². The molecule has 0 bridgehead atoms. The molecule has 24 heavy (non-hydrogen) atoms. The van der Waals surface area contributed by atoms with E-state index in [1.54, 1.807) is 0 Å². The van der Waals surface area contributed by atoms with E-state index in [0.29, 0.717) is 38.0 Å². The molecule has 2 aliphatic heterocycles. The highest BCUT2D eigenvalue weighted by Crippen LogP contribution is 2.31. The van der Waals surface area contributed by atoms with Crippen LogP contribution in [0.1, 0.15) is 34.1 Å². The van der Waals surface area contributed by atoms with Crippen molar-refractivity contribution in [3.8, 4) is 0 Å². The van der Waals surface area contributed by atoms with Gasteiger partial charge in [-0.2, -0.15) is 13.2 Å². The summed E-state index contributed by atoms with van der Waals surface area (Å²) in [5.74, 6) is -0.297. The molecule has 0 saturated carbocycles. The fourth-order valence-corrected chi connectivity index (χ4v) is 3.76. The molecule has 2 aliphatic rings. The van der Waals surface area contributed by atoms with Crippen molar-refractivity contribution >= 4 is 5.91 Å². The SMILES string of the molecule is CC(C)CN1CCN(C(=O)[C@@H]2CCN(C(C)C)C2)[C@@H](C(F)(F)F)C1. The van der Waals surface area contributed by atoms with Gasteiger partial charge < -0.3 is 9.80 Å². The molecule has 0 N–H and O–H groups in total. The molecule has 2 fully saturated rings. The number of carbonyl (C=O) groups is 1. The Morgan fingerprint density at radius 3 is 2.25 bits per heavy atom. The highest BCUT2D eigenvalue weighted by molar-refractivity contribution is 5.80. The number of rotatable bonds is 4. The third kappa shape index (κ3) is 4.63. The fourth-order valence-electron chi connectivity index (χ4n) is 3.76. The molecule has 0 aromatic heterocycles. The van der Waals surface area contributed by atoms with E-state index in [-0.39, 0.29) is 24.9 Å². The van der Waals surface area contributed by atoms with Gasteiger partial charge in [-0.1, -0.05) is 13.8 Å². The number of carbonyl (C=O) groups excluding carboxylic acids is 1. The lowest BCUT2D eigenvalue weighted by atomic mass is 10.0. The molecule has 2 heterocycles. The Balaban J connectivity index is 2.06. The van der Waals surface area contributed by atoms with Crippen LogP contribution in [0.3, 0.4) is 0 Å². The first-order chi connectivity index (χ1) is 11.1. The normalized spacial score (nSPS) is 27.5. The topological polar surface area (TPSA) is 26.8 Å². The Labute approximate surface area is 143 Å². The Morgan fingerprint density at radius 1 is 1.08 bits per heavy atom. The first-order valence-electron chi connectivity index (χ1n) is 8.93. The van der Waals surface area contributed by atoms with Crippen LogP contribution < -0.4 is 0 Å². The van der Waals surface area contributed by atoms with Gasteiger partial charge in [-0.05, 0) is 32.7 Å². The zero-order chi connectivity index (χ0) is 18.1. The summed E-state index contributed by atoms with van der Waals surface area (Å²) in [6.45, 7) is 10.7. The van der Waals surface area contributed by atoms with Gasteiger partial charge in [-0.3, -0.25) is 9.69 Å². The number of halogens is 3.